The minimum absolute atomic E-state index is 0.0546. The van der Waals surface area contributed by atoms with E-state index in [4.69, 9.17) is 9.47 Å². The number of methoxy groups -OCH3 is 1. The average Bonchev–Trinajstić information content (AvgIpc) is 2.45. The van der Waals surface area contributed by atoms with Crippen molar-refractivity contribution in [3.63, 3.8) is 0 Å². The highest BCUT2D eigenvalue weighted by Gasteiger charge is 2.18. The SMILES string of the molecule is COc1cc(O)cc(C)c1C(=O)OCc1ccccc1. The molecule has 20 heavy (non-hydrogen) atoms. The minimum atomic E-state index is -0.469. The highest BCUT2D eigenvalue weighted by Crippen LogP contribution is 2.28. The van der Waals surface area contributed by atoms with E-state index in [0.29, 0.717) is 16.9 Å². The van der Waals surface area contributed by atoms with Crippen molar-refractivity contribution in [3.8, 4) is 11.5 Å². The lowest BCUT2D eigenvalue weighted by molar-refractivity contribution is 0.0468. The Morgan fingerprint density at radius 3 is 2.55 bits per heavy atom. The number of hydrogen-bond acceptors (Lipinski definition) is 4. The van der Waals surface area contributed by atoms with Crippen molar-refractivity contribution >= 4 is 5.97 Å². The average molecular weight is 272 g/mol. The summed E-state index contributed by atoms with van der Waals surface area (Å²) in [7, 11) is 1.45. The zero-order chi connectivity index (χ0) is 14.5. The van der Waals surface area contributed by atoms with Crippen molar-refractivity contribution < 1.29 is 19.4 Å². The molecule has 0 saturated heterocycles. The van der Waals surface area contributed by atoms with Crippen LogP contribution in [0.4, 0.5) is 0 Å². The van der Waals surface area contributed by atoms with Crippen LogP contribution in [0.1, 0.15) is 21.5 Å². The summed E-state index contributed by atoms with van der Waals surface area (Å²) in [5.74, 6) is -0.109. The largest absolute Gasteiger partial charge is 0.508 e. The molecule has 0 radical (unpaired) electrons. The van der Waals surface area contributed by atoms with Gasteiger partial charge in [-0.15, -0.1) is 0 Å². The van der Waals surface area contributed by atoms with Crippen LogP contribution in [0.25, 0.3) is 0 Å². The molecule has 0 aliphatic carbocycles. The molecule has 0 atom stereocenters. The van der Waals surface area contributed by atoms with E-state index in [-0.39, 0.29) is 12.4 Å². The summed E-state index contributed by atoms with van der Waals surface area (Å²) in [5, 5.41) is 9.51. The number of carbonyl (C=O) groups is 1. The first-order chi connectivity index (χ1) is 9.61. The van der Waals surface area contributed by atoms with Crippen molar-refractivity contribution in [2.45, 2.75) is 13.5 Å². The lowest BCUT2D eigenvalue weighted by Crippen LogP contribution is -2.09. The van der Waals surface area contributed by atoms with Gasteiger partial charge in [-0.3, -0.25) is 0 Å². The van der Waals surface area contributed by atoms with E-state index in [0.717, 1.165) is 5.56 Å². The summed E-state index contributed by atoms with van der Waals surface area (Å²) in [6.07, 6.45) is 0. The number of rotatable bonds is 4. The van der Waals surface area contributed by atoms with E-state index in [9.17, 15) is 9.90 Å². The van der Waals surface area contributed by atoms with Gasteiger partial charge in [-0.05, 0) is 24.1 Å². The van der Waals surface area contributed by atoms with Gasteiger partial charge < -0.3 is 14.6 Å². The Bertz CT molecular complexity index is 605. The Kier molecular flexibility index (Phi) is 4.25. The second kappa shape index (κ2) is 6.10. The van der Waals surface area contributed by atoms with E-state index in [1.807, 2.05) is 30.3 Å². The highest BCUT2D eigenvalue weighted by atomic mass is 16.5. The molecule has 2 aromatic rings. The molecule has 1 N–H and O–H groups in total. The Hall–Kier alpha value is -2.49. The van der Waals surface area contributed by atoms with Gasteiger partial charge in [0.25, 0.3) is 0 Å². The smallest absolute Gasteiger partial charge is 0.342 e. The van der Waals surface area contributed by atoms with Gasteiger partial charge in [0, 0.05) is 6.07 Å². The molecule has 0 spiro atoms. The topological polar surface area (TPSA) is 55.8 Å². The van der Waals surface area contributed by atoms with Crippen LogP contribution in [-0.4, -0.2) is 18.2 Å². The molecule has 4 heteroatoms. The number of esters is 1. The number of phenols is 1. The molecule has 0 unspecified atom stereocenters. The van der Waals surface area contributed by atoms with Gasteiger partial charge in [-0.2, -0.15) is 0 Å². The van der Waals surface area contributed by atoms with Crippen LogP contribution in [-0.2, 0) is 11.3 Å². The van der Waals surface area contributed by atoms with Crippen LogP contribution in [0, 0.1) is 6.92 Å². The van der Waals surface area contributed by atoms with Gasteiger partial charge in [-0.25, -0.2) is 4.79 Å². The number of carbonyl (C=O) groups excluding carboxylic acids is 1. The molecular weight excluding hydrogens is 256 g/mol. The highest BCUT2D eigenvalue weighted by molar-refractivity contribution is 5.94. The van der Waals surface area contributed by atoms with Crippen molar-refractivity contribution in [2.24, 2.45) is 0 Å². The third kappa shape index (κ3) is 3.09. The Morgan fingerprint density at radius 2 is 1.90 bits per heavy atom. The van der Waals surface area contributed by atoms with Crippen molar-refractivity contribution in [3.05, 3.63) is 59.2 Å². The lowest BCUT2D eigenvalue weighted by atomic mass is 10.1. The lowest BCUT2D eigenvalue weighted by Gasteiger charge is -2.12. The quantitative estimate of drug-likeness (QED) is 0.869. The van der Waals surface area contributed by atoms with Gasteiger partial charge >= 0.3 is 5.97 Å². The Morgan fingerprint density at radius 1 is 1.20 bits per heavy atom. The fraction of sp³-hybridized carbons (Fsp3) is 0.188. The second-order valence-electron chi connectivity index (χ2n) is 4.40. The monoisotopic (exact) mass is 272 g/mol. The van der Waals surface area contributed by atoms with Crippen molar-refractivity contribution in [1.29, 1.82) is 0 Å². The van der Waals surface area contributed by atoms with E-state index in [1.54, 1.807) is 6.92 Å². The molecular formula is C16H16O4. The number of hydrogen-bond donors (Lipinski definition) is 1. The van der Waals surface area contributed by atoms with Crippen molar-refractivity contribution in [1.82, 2.24) is 0 Å². The molecule has 0 saturated carbocycles. The maximum atomic E-state index is 12.1. The molecule has 0 aliphatic heterocycles. The van der Waals surface area contributed by atoms with Crippen molar-refractivity contribution in [2.75, 3.05) is 7.11 Å². The summed E-state index contributed by atoms with van der Waals surface area (Å²) >= 11 is 0. The normalized spacial score (nSPS) is 10.1. The fourth-order valence-corrected chi connectivity index (χ4v) is 1.95. The first kappa shape index (κ1) is 13.9. The number of phenolic OH excluding ortho intramolecular Hbond substituents is 1. The number of ether oxygens (including phenoxy) is 2. The molecule has 0 aromatic heterocycles. The van der Waals surface area contributed by atoms with E-state index >= 15 is 0 Å². The number of aryl methyl sites for hydroxylation is 1. The molecule has 2 aromatic carbocycles. The molecule has 0 bridgehead atoms. The van der Waals surface area contributed by atoms with Gasteiger partial charge in [0.15, 0.2) is 0 Å². The molecule has 0 fully saturated rings. The zero-order valence-electron chi connectivity index (χ0n) is 11.4. The Labute approximate surface area is 117 Å². The van der Waals surface area contributed by atoms with E-state index in [2.05, 4.69) is 0 Å². The third-order valence-corrected chi connectivity index (χ3v) is 2.92. The van der Waals surface area contributed by atoms with Gasteiger partial charge in [0.1, 0.15) is 23.7 Å². The van der Waals surface area contributed by atoms with Crippen LogP contribution < -0.4 is 4.74 Å². The summed E-state index contributed by atoms with van der Waals surface area (Å²) in [4.78, 5) is 12.1. The van der Waals surface area contributed by atoms with Gasteiger partial charge in [0.05, 0.1) is 7.11 Å². The molecule has 0 aliphatic rings. The zero-order valence-corrected chi connectivity index (χ0v) is 11.4. The first-order valence-electron chi connectivity index (χ1n) is 6.20. The Balaban J connectivity index is 2.17. The van der Waals surface area contributed by atoms with Crippen LogP contribution in [0.2, 0.25) is 0 Å². The predicted molar refractivity (Wildman–Crippen MR) is 75.0 cm³/mol. The fourth-order valence-electron chi connectivity index (χ4n) is 1.95. The molecule has 0 amide bonds. The molecule has 2 rings (SSSR count). The number of benzene rings is 2. The molecule has 104 valence electrons. The van der Waals surface area contributed by atoms with Crippen LogP contribution in [0.15, 0.2) is 42.5 Å². The van der Waals surface area contributed by atoms with Crippen LogP contribution in [0.3, 0.4) is 0 Å². The van der Waals surface area contributed by atoms with E-state index in [1.165, 1.54) is 19.2 Å². The molecule has 0 heterocycles. The molecule has 4 nitrogen and oxygen atoms in total. The summed E-state index contributed by atoms with van der Waals surface area (Å²) < 4.78 is 10.4. The third-order valence-electron chi connectivity index (χ3n) is 2.92. The predicted octanol–water partition coefficient (Wildman–Crippen LogP) is 3.07. The standard InChI is InChI=1S/C16H16O4/c1-11-8-13(17)9-14(19-2)15(11)16(18)20-10-12-6-4-3-5-7-12/h3-9,17H,10H2,1-2H3. The van der Waals surface area contributed by atoms with Gasteiger partial charge in [-0.1, -0.05) is 30.3 Å². The minimum Gasteiger partial charge on any atom is -0.508 e. The maximum absolute atomic E-state index is 12.1. The maximum Gasteiger partial charge on any atom is 0.342 e. The second-order valence-corrected chi connectivity index (χ2v) is 4.40. The summed E-state index contributed by atoms with van der Waals surface area (Å²) in [6.45, 7) is 1.92. The van der Waals surface area contributed by atoms with E-state index < -0.39 is 5.97 Å². The summed E-state index contributed by atoms with van der Waals surface area (Å²) in [6, 6.07) is 12.3. The van der Waals surface area contributed by atoms with Crippen LogP contribution in [0.5, 0.6) is 11.5 Å². The number of aromatic hydroxyl groups is 1. The first-order valence-corrected chi connectivity index (χ1v) is 6.20. The van der Waals surface area contributed by atoms with Crippen LogP contribution >= 0.6 is 0 Å². The van der Waals surface area contributed by atoms with Gasteiger partial charge in [0.2, 0.25) is 0 Å². The summed E-state index contributed by atoms with van der Waals surface area (Å²) in [5.41, 5.74) is 1.86.